The van der Waals surface area contributed by atoms with E-state index in [1.165, 1.54) is 25.1 Å². The highest BCUT2D eigenvalue weighted by Gasteiger charge is 2.33. The zero-order chi connectivity index (χ0) is 26.2. The fraction of sp³-hybridized carbons (Fsp3) is 0.0741. The first kappa shape index (κ1) is 23.9. The first-order valence-electron chi connectivity index (χ1n) is 11.1. The Labute approximate surface area is 208 Å². The third kappa shape index (κ3) is 4.94. The molecule has 7 nitrogen and oxygen atoms in total. The lowest BCUT2D eigenvalue weighted by Crippen LogP contribution is -2.15. The van der Waals surface area contributed by atoms with Gasteiger partial charge in [-0.1, -0.05) is 18.2 Å². The Morgan fingerprint density at radius 2 is 1.68 bits per heavy atom. The minimum atomic E-state index is -4.57. The molecular weight excluding hydrogens is 483 g/mol. The molecule has 5 rings (SSSR count). The molecule has 1 amide bonds. The number of nitrogens with one attached hydrogen (secondary N) is 2. The number of anilines is 1. The molecule has 0 unspecified atom stereocenters. The third-order valence-electron chi connectivity index (χ3n) is 5.79. The van der Waals surface area contributed by atoms with Crippen molar-refractivity contribution in [3.05, 3.63) is 107 Å². The minimum absolute atomic E-state index is 0.0219. The summed E-state index contributed by atoms with van der Waals surface area (Å²) in [4.78, 5) is 34.8. The molecule has 0 aliphatic heterocycles. The largest absolute Gasteiger partial charge is 0.416 e. The summed E-state index contributed by atoms with van der Waals surface area (Å²) in [5.74, 6) is -1.04. The molecule has 3 aromatic carbocycles. The van der Waals surface area contributed by atoms with Crippen LogP contribution in [0.1, 0.15) is 37.4 Å². The zero-order valence-corrected chi connectivity index (χ0v) is 19.3. The van der Waals surface area contributed by atoms with Gasteiger partial charge in [-0.25, -0.2) is 4.98 Å². The van der Waals surface area contributed by atoms with E-state index >= 15 is 0 Å². The summed E-state index contributed by atoms with van der Waals surface area (Å²) in [6.07, 6.45) is 0.346. The van der Waals surface area contributed by atoms with Gasteiger partial charge in [-0.05, 0) is 55.0 Å². The van der Waals surface area contributed by atoms with Crippen molar-refractivity contribution in [3.8, 4) is 11.3 Å². The van der Waals surface area contributed by atoms with Gasteiger partial charge < -0.3 is 5.32 Å². The Morgan fingerprint density at radius 3 is 2.43 bits per heavy atom. The summed E-state index contributed by atoms with van der Waals surface area (Å²) in [7, 11) is 0. The molecule has 0 radical (unpaired) electrons. The highest BCUT2D eigenvalue weighted by molar-refractivity contribution is 6.11. The highest BCUT2D eigenvalue weighted by atomic mass is 19.4. The van der Waals surface area contributed by atoms with E-state index in [-0.39, 0.29) is 28.2 Å². The van der Waals surface area contributed by atoms with Crippen LogP contribution in [0.25, 0.3) is 22.3 Å². The summed E-state index contributed by atoms with van der Waals surface area (Å²) in [6.45, 7) is 1.33. The second-order valence-corrected chi connectivity index (χ2v) is 8.34. The maximum Gasteiger partial charge on any atom is 0.416 e. The van der Waals surface area contributed by atoms with Gasteiger partial charge in [0.1, 0.15) is 0 Å². The molecule has 10 heteroatoms. The van der Waals surface area contributed by atoms with Crippen LogP contribution >= 0.6 is 0 Å². The Hall–Kier alpha value is -4.86. The fourth-order valence-corrected chi connectivity index (χ4v) is 3.86. The molecule has 5 aromatic rings. The van der Waals surface area contributed by atoms with Gasteiger partial charge in [0, 0.05) is 34.1 Å². The van der Waals surface area contributed by atoms with Crippen LogP contribution in [0.2, 0.25) is 0 Å². The Balaban J connectivity index is 1.39. The van der Waals surface area contributed by atoms with Crippen LogP contribution in [0.4, 0.5) is 18.9 Å². The number of benzene rings is 3. The topological polar surface area (TPSA) is 101 Å². The van der Waals surface area contributed by atoms with Gasteiger partial charge in [0.25, 0.3) is 5.91 Å². The molecule has 0 fully saturated rings. The number of ketones is 1. The van der Waals surface area contributed by atoms with Crippen LogP contribution < -0.4 is 5.32 Å². The normalized spacial score (nSPS) is 11.5. The van der Waals surface area contributed by atoms with Crippen molar-refractivity contribution in [1.29, 1.82) is 0 Å². The lowest BCUT2D eigenvalue weighted by molar-refractivity contribution is -0.138. The first-order valence-corrected chi connectivity index (χ1v) is 11.1. The van der Waals surface area contributed by atoms with E-state index in [0.717, 1.165) is 11.6 Å². The number of hydrogen-bond donors (Lipinski definition) is 2. The van der Waals surface area contributed by atoms with E-state index in [2.05, 4.69) is 25.5 Å². The number of carbonyl (C=O) groups is 2. The van der Waals surface area contributed by atoms with Crippen LogP contribution in [0.15, 0.2) is 79.3 Å². The molecule has 0 saturated heterocycles. The lowest BCUT2D eigenvalue weighted by atomic mass is 10.0. The summed E-state index contributed by atoms with van der Waals surface area (Å²) in [6, 6.07) is 14.5. The van der Waals surface area contributed by atoms with Gasteiger partial charge in [-0.2, -0.15) is 18.3 Å². The van der Waals surface area contributed by atoms with Crippen LogP contribution in [-0.2, 0) is 6.18 Å². The van der Waals surface area contributed by atoms with E-state index in [4.69, 9.17) is 0 Å². The summed E-state index contributed by atoms with van der Waals surface area (Å²) < 4.78 is 39.7. The second-order valence-electron chi connectivity index (χ2n) is 8.34. The summed E-state index contributed by atoms with van der Waals surface area (Å²) >= 11 is 0. The molecule has 0 saturated carbocycles. The molecule has 0 atom stereocenters. The van der Waals surface area contributed by atoms with Crippen LogP contribution in [0.5, 0.6) is 0 Å². The Morgan fingerprint density at radius 1 is 0.892 bits per heavy atom. The average molecular weight is 501 g/mol. The lowest BCUT2D eigenvalue weighted by Gasteiger charge is -2.12. The first-order chi connectivity index (χ1) is 17.7. The fourth-order valence-electron chi connectivity index (χ4n) is 3.86. The molecule has 0 bridgehead atoms. The van der Waals surface area contributed by atoms with Gasteiger partial charge in [0.2, 0.25) is 0 Å². The Bertz CT molecular complexity index is 1650. The molecular formula is C27H18F3N5O2. The molecule has 0 aliphatic rings. The van der Waals surface area contributed by atoms with E-state index in [1.807, 2.05) is 0 Å². The van der Waals surface area contributed by atoms with Gasteiger partial charge >= 0.3 is 6.18 Å². The van der Waals surface area contributed by atoms with Gasteiger partial charge in [-0.15, -0.1) is 0 Å². The molecule has 2 heterocycles. The molecule has 2 N–H and O–H groups in total. The number of aromatic nitrogens is 4. The highest BCUT2D eigenvalue weighted by Crippen LogP contribution is 2.32. The molecule has 37 heavy (non-hydrogen) atoms. The predicted molar refractivity (Wildman–Crippen MR) is 131 cm³/mol. The smallest absolute Gasteiger partial charge is 0.322 e. The molecule has 184 valence electrons. The maximum absolute atomic E-state index is 13.2. The van der Waals surface area contributed by atoms with Crippen molar-refractivity contribution in [3.63, 3.8) is 0 Å². The van der Waals surface area contributed by atoms with Crippen molar-refractivity contribution in [1.82, 2.24) is 20.2 Å². The van der Waals surface area contributed by atoms with Crippen LogP contribution in [0.3, 0.4) is 0 Å². The Kier molecular flexibility index (Phi) is 6.00. The number of fused-ring (bicyclic) bond motifs is 1. The van der Waals surface area contributed by atoms with Crippen LogP contribution in [0, 0.1) is 6.92 Å². The van der Waals surface area contributed by atoms with E-state index in [0.29, 0.717) is 22.3 Å². The number of aryl methyl sites for hydroxylation is 1. The molecule has 0 aliphatic carbocycles. The van der Waals surface area contributed by atoms with Gasteiger partial charge in [0.05, 0.1) is 34.7 Å². The SMILES string of the molecule is Cc1ccc(C(=O)Nc2cccc(C(=O)c3ccc4ncc(-c5cn[nH]c5)nc4c3)c2)cc1C(F)(F)F. The standard InChI is InChI=1S/C27H18F3N5O2/c1-15-5-6-18(10-21(15)27(28,29)30)26(37)34-20-4-2-3-16(9-20)25(36)17-7-8-22-23(11-17)35-24(14-31-22)19-12-32-33-13-19/h2-14H,1H3,(H,32,33)(H,34,37). The third-order valence-corrected chi connectivity index (χ3v) is 5.79. The number of nitrogens with zero attached hydrogens (tertiary/aromatic N) is 3. The average Bonchev–Trinajstić information content (AvgIpc) is 3.42. The maximum atomic E-state index is 13.2. The van der Waals surface area contributed by atoms with Crippen molar-refractivity contribution < 1.29 is 22.8 Å². The van der Waals surface area contributed by atoms with E-state index in [1.54, 1.807) is 55.0 Å². The number of rotatable bonds is 5. The van der Waals surface area contributed by atoms with Crippen molar-refractivity contribution in [2.24, 2.45) is 0 Å². The zero-order valence-electron chi connectivity index (χ0n) is 19.3. The summed E-state index contributed by atoms with van der Waals surface area (Å²) in [5.41, 5.74) is 2.41. The number of amides is 1. The molecule has 0 spiro atoms. The monoisotopic (exact) mass is 501 g/mol. The molecule has 2 aromatic heterocycles. The number of alkyl halides is 3. The van der Waals surface area contributed by atoms with Gasteiger partial charge in [-0.3, -0.25) is 19.7 Å². The summed E-state index contributed by atoms with van der Waals surface area (Å²) in [5, 5.41) is 9.19. The number of hydrogen-bond acceptors (Lipinski definition) is 5. The quantitative estimate of drug-likeness (QED) is 0.295. The number of halogens is 3. The number of aromatic amines is 1. The minimum Gasteiger partial charge on any atom is -0.322 e. The van der Waals surface area contributed by atoms with E-state index in [9.17, 15) is 22.8 Å². The van der Waals surface area contributed by atoms with Crippen molar-refractivity contribution in [2.45, 2.75) is 13.1 Å². The van der Waals surface area contributed by atoms with Gasteiger partial charge in [0.15, 0.2) is 5.78 Å². The second kappa shape index (κ2) is 9.30. The van der Waals surface area contributed by atoms with Crippen molar-refractivity contribution >= 4 is 28.4 Å². The van der Waals surface area contributed by atoms with Crippen LogP contribution in [-0.4, -0.2) is 31.9 Å². The number of carbonyl (C=O) groups excluding carboxylic acids is 2. The van der Waals surface area contributed by atoms with Crippen molar-refractivity contribution in [2.75, 3.05) is 5.32 Å². The van der Waals surface area contributed by atoms with E-state index < -0.39 is 17.6 Å². The number of H-pyrrole nitrogens is 1. The predicted octanol–water partition coefficient (Wildman–Crippen LogP) is 5.83.